The second kappa shape index (κ2) is 7.78. The summed E-state index contributed by atoms with van der Waals surface area (Å²) in [5, 5.41) is 12.0. The van der Waals surface area contributed by atoms with Crippen LogP contribution < -0.4 is 0 Å². The van der Waals surface area contributed by atoms with Crippen LogP contribution in [0.2, 0.25) is 0 Å². The molecule has 1 aromatic carbocycles. The number of hydrogen-bond acceptors (Lipinski definition) is 5. The van der Waals surface area contributed by atoms with Crippen molar-refractivity contribution >= 4 is 17.5 Å². The molecule has 0 radical (unpaired) electrons. The average molecular weight is 409 g/mol. The molecule has 0 fully saturated rings. The molecular weight excluding hydrogens is 391 g/mol. The number of carbonyl (C=O) groups is 1. The predicted octanol–water partition coefficient (Wildman–Crippen LogP) is 3.93. The Balaban J connectivity index is 1.75. The first-order valence-corrected chi connectivity index (χ1v) is 9.39. The summed E-state index contributed by atoms with van der Waals surface area (Å²) in [4.78, 5) is 12.6. The van der Waals surface area contributed by atoms with E-state index in [9.17, 15) is 18.0 Å². The first kappa shape index (κ1) is 20.1. The number of halogens is 3. The number of Topliss-reactive ketones (excluding diaryl/α,β-unsaturated/α-hetero) is 1. The number of aryl methyl sites for hydroxylation is 2. The topological polar surface area (TPSA) is 65.6 Å². The van der Waals surface area contributed by atoms with Gasteiger partial charge in [-0.25, -0.2) is 0 Å². The quantitative estimate of drug-likeness (QED) is 0.456. The number of tetrazole rings is 1. The molecule has 2 aromatic heterocycles. The molecule has 10 heteroatoms. The number of alkyl halides is 3. The van der Waals surface area contributed by atoms with Crippen LogP contribution in [0.3, 0.4) is 0 Å². The maximum atomic E-state index is 12.7. The van der Waals surface area contributed by atoms with Gasteiger partial charge in [-0.1, -0.05) is 29.5 Å². The van der Waals surface area contributed by atoms with Gasteiger partial charge < -0.3 is 4.57 Å². The van der Waals surface area contributed by atoms with Crippen LogP contribution in [0.25, 0.3) is 5.69 Å². The molecule has 3 rings (SSSR count). The highest BCUT2D eigenvalue weighted by atomic mass is 32.2. The lowest BCUT2D eigenvalue weighted by Gasteiger charge is -2.12. The highest BCUT2D eigenvalue weighted by Crippen LogP contribution is 2.25. The Bertz CT molecular complexity index is 992. The number of carbonyl (C=O) groups excluding carboxylic acids is 1. The van der Waals surface area contributed by atoms with Gasteiger partial charge in [-0.3, -0.25) is 4.79 Å². The molecule has 0 spiro atoms. The van der Waals surface area contributed by atoms with Gasteiger partial charge in [0.25, 0.3) is 0 Å². The Labute approximate surface area is 163 Å². The van der Waals surface area contributed by atoms with E-state index in [1.54, 1.807) is 6.92 Å². The molecular formula is C18H18F3N5OS. The van der Waals surface area contributed by atoms with E-state index < -0.39 is 12.7 Å². The smallest absolute Gasteiger partial charge is 0.339 e. The van der Waals surface area contributed by atoms with Gasteiger partial charge >= 0.3 is 6.18 Å². The minimum atomic E-state index is -4.35. The van der Waals surface area contributed by atoms with E-state index in [1.807, 2.05) is 31.2 Å². The zero-order valence-electron chi connectivity index (χ0n) is 15.5. The molecule has 0 aliphatic rings. The van der Waals surface area contributed by atoms with Crippen molar-refractivity contribution in [2.75, 3.05) is 5.75 Å². The van der Waals surface area contributed by atoms with Crippen LogP contribution in [0.4, 0.5) is 13.2 Å². The normalized spacial score (nSPS) is 11.8. The van der Waals surface area contributed by atoms with Crippen LogP contribution in [0.5, 0.6) is 0 Å². The van der Waals surface area contributed by atoms with Crippen molar-refractivity contribution in [2.24, 2.45) is 0 Å². The molecule has 0 N–H and O–H groups in total. The highest BCUT2D eigenvalue weighted by Gasteiger charge is 2.30. The van der Waals surface area contributed by atoms with Crippen molar-refractivity contribution in [3.8, 4) is 5.69 Å². The van der Waals surface area contributed by atoms with Gasteiger partial charge in [-0.05, 0) is 49.4 Å². The van der Waals surface area contributed by atoms with Crippen molar-refractivity contribution in [2.45, 2.75) is 38.6 Å². The monoisotopic (exact) mass is 409 g/mol. The van der Waals surface area contributed by atoms with Gasteiger partial charge in [-0.2, -0.15) is 17.9 Å². The number of nitrogens with zero attached hydrogens (tertiary/aromatic N) is 5. The van der Waals surface area contributed by atoms with E-state index in [-0.39, 0.29) is 17.1 Å². The van der Waals surface area contributed by atoms with Gasteiger partial charge in [0.05, 0.1) is 11.4 Å². The van der Waals surface area contributed by atoms with Gasteiger partial charge in [0.15, 0.2) is 5.78 Å². The van der Waals surface area contributed by atoms with Gasteiger partial charge in [0.2, 0.25) is 5.16 Å². The molecule has 0 saturated heterocycles. The van der Waals surface area contributed by atoms with Crippen LogP contribution in [0.1, 0.15) is 27.3 Å². The van der Waals surface area contributed by atoms with Crippen LogP contribution in [0.15, 0.2) is 35.5 Å². The molecule has 0 atom stereocenters. The van der Waals surface area contributed by atoms with Crippen LogP contribution in [-0.2, 0) is 6.54 Å². The van der Waals surface area contributed by atoms with Gasteiger partial charge in [-0.15, -0.1) is 5.10 Å². The largest absolute Gasteiger partial charge is 0.406 e. The van der Waals surface area contributed by atoms with E-state index >= 15 is 0 Å². The second-order valence-corrected chi connectivity index (χ2v) is 7.35. The fraction of sp³-hybridized carbons (Fsp3) is 0.333. The van der Waals surface area contributed by atoms with Crippen molar-refractivity contribution in [3.05, 3.63) is 52.8 Å². The summed E-state index contributed by atoms with van der Waals surface area (Å²) >= 11 is 1.14. The third-order valence-corrected chi connectivity index (χ3v) is 5.18. The highest BCUT2D eigenvalue weighted by molar-refractivity contribution is 7.99. The van der Waals surface area contributed by atoms with Crippen molar-refractivity contribution in [1.29, 1.82) is 0 Å². The van der Waals surface area contributed by atoms with Gasteiger partial charge in [0, 0.05) is 17.0 Å². The number of aromatic nitrogens is 5. The lowest BCUT2D eigenvalue weighted by atomic mass is 10.2. The number of ketones is 1. The molecule has 0 saturated carbocycles. The zero-order valence-corrected chi connectivity index (χ0v) is 16.3. The number of thioether (sulfide) groups is 1. The second-order valence-electron chi connectivity index (χ2n) is 6.41. The minimum absolute atomic E-state index is 0.0164. The summed E-state index contributed by atoms with van der Waals surface area (Å²) in [5.74, 6) is -0.257. The minimum Gasteiger partial charge on any atom is -0.339 e. The summed E-state index contributed by atoms with van der Waals surface area (Å²) in [6.07, 6.45) is -4.35. The molecule has 0 aliphatic heterocycles. The van der Waals surface area contributed by atoms with E-state index in [0.717, 1.165) is 27.6 Å². The number of rotatable bonds is 6. The predicted molar refractivity (Wildman–Crippen MR) is 98.9 cm³/mol. The van der Waals surface area contributed by atoms with Crippen molar-refractivity contribution < 1.29 is 18.0 Å². The molecule has 2 heterocycles. The average Bonchev–Trinajstić information content (AvgIpc) is 3.19. The van der Waals surface area contributed by atoms with E-state index in [1.165, 1.54) is 17.7 Å². The summed E-state index contributed by atoms with van der Waals surface area (Å²) in [6.45, 7) is 3.93. The fourth-order valence-electron chi connectivity index (χ4n) is 2.83. The zero-order chi connectivity index (χ0) is 20.5. The number of benzene rings is 1. The third-order valence-electron chi connectivity index (χ3n) is 4.26. The fourth-order valence-corrected chi connectivity index (χ4v) is 3.60. The third kappa shape index (κ3) is 4.44. The molecule has 0 aliphatic carbocycles. The standard InChI is InChI=1S/C18H18F3N5OS/c1-11-4-6-14(7-5-11)26-17(22-23-24-26)28-9-16(27)15-8-12(2)25(13(15)3)10-18(19,20)21/h4-8H,9-10H2,1-3H3. The summed E-state index contributed by atoms with van der Waals surface area (Å²) in [7, 11) is 0. The Hall–Kier alpha value is -2.62. The summed E-state index contributed by atoms with van der Waals surface area (Å²) in [5.41, 5.74) is 2.83. The Morgan fingerprint density at radius 2 is 1.82 bits per heavy atom. The van der Waals surface area contributed by atoms with E-state index in [0.29, 0.717) is 16.5 Å². The van der Waals surface area contributed by atoms with Crippen molar-refractivity contribution in [1.82, 2.24) is 24.8 Å². The molecule has 0 unspecified atom stereocenters. The van der Waals surface area contributed by atoms with Crippen LogP contribution in [-0.4, -0.2) is 42.5 Å². The Morgan fingerprint density at radius 1 is 1.14 bits per heavy atom. The van der Waals surface area contributed by atoms with Crippen LogP contribution >= 0.6 is 11.8 Å². The molecule has 6 nitrogen and oxygen atoms in total. The first-order valence-electron chi connectivity index (χ1n) is 8.40. The van der Waals surface area contributed by atoms with E-state index in [4.69, 9.17) is 0 Å². The molecule has 0 amide bonds. The lowest BCUT2D eigenvalue weighted by molar-refractivity contribution is -0.141. The molecule has 0 bridgehead atoms. The SMILES string of the molecule is Cc1ccc(-n2nnnc2SCC(=O)c2cc(C)n(CC(F)(F)F)c2C)cc1. The molecule has 3 aromatic rings. The first-order chi connectivity index (χ1) is 13.2. The molecule has 148 valence electrons. The summed E-state index contributed by atoms with van der Waals surface area (Å²) < 4.78 is 40.8. The Kier molecular flexibility index (Phi) is 5.59. The maximum absolute atomic E-state index is 12.7. The lowest BCUT2D eigenvalue weighted by Crippen LogP contribution is -2.19. The number of hydrogen-bond donors (Lipinski definition) is 0. The maximum Gasteiger partial charge on any atom is 0.406 e. The summed E-state index contributed by atoms with van der Waals surface area (Å²) in [6, 6.07) is 9.07. The van der Waals surface area contributed by atoms with Gasteiger partial charge in [0.1, 0.15) is 6.54 Å². The van der Waals surface area contributed by atoms with Crippen molar-refractivity contribution in [3.63, 3.8) is 0 Å². The molecule has 28 heavy (non-hydrogen) atoms. The van der Waals surface area contributed by atoms with E-state index in [2.05, 4.69) is 15.5 Å². The Morgan fingerprint density at radius 3 is 2.46 bits per heavy atom. The van der Waals surface area contributed by atoms with Crippen LogP contribution in [0, 0.1) is 20.8 Å².